The molecule has 0 spiro atoms. The fourth-order valence-electron chi connectivity index (χ4n) is 2.01. The average Bonchev–Trinajstić information content (AvgIpc) is 2.92. The molecular weight excluding hydrogens is 257 g/mol. The summed E-state index contributed by atoms with van der Waals surface area (Å²) in [4.78, 5) is 0. The maximum atomic E-state index is 13.0. The van der Waals surface area contributed by atoms with Gasteiger partial charge in [0.1, 0.15) is 5.82 Å². The van der Waals surface area contributed by atoms with Gasteiger partial charge in [-0.05, 0) is 53.2 Å². The van der Waals surface area contributed by atoms with Crippen molar-refractivity contribution in [1.29, 1.82) is 0 Å². The molecule has 1 heterocycles. The maximum Gasteiger partial charge on any atom is 0.187 e. The molecule has 2 N–H and O–H groups in total. The minimum atomic E-state index is -0.302. The van der Waals surface area contributed by atoms with Crippen LogP contribution in [0, 0.1) is 12.7 Å². The molecule has 6 heteroatoms. The number of nitrogen functional groups attached to an aromatic ring is 1. The van der Waals surface area contributed by atoms with E-state index in [0.29, 0.717) is 17.2 Å². The minimum absolute atomic E-state index is 0.302. The van der Waals surface area contributed by atoms with Crippen molar-refractivity contribution in [3.63, 3.8) is 0 Å². The first-order chi connectivity index (χ1) is 9.66. The zero-order valence-corrected chi connectivity index (χ0v) is 10.8. The van der Waals surface area contributed by atoms with Crippen LogP contribution in [-0.4, -0.2) is 20.2 Å². The Kier molecular flexibility index (Phi) is 2.90. The zero-order chi connectivity index (χ0) is 14.1. The van der Waals surface area contributed by atoms with E-state index in [0.717, 1.165) is 11.1 Å². The second kappa shape index (κ2) is 4.73. The molecule has 2 aromatic carbocycles. The quantitative estimate of drug-likeness (QED) is 0.725. The van der Waals surface area contributed by atoms with Crippen molar-refractivity contribution >= 4 is 5.69 Å². The van der Waals surface area contributed by atoms with E-state index in [4.69, 9.17) is 5.73 Å². The van der Waals surface area contributed by atoms with Crippen LogP contribution in [0.3, 0.4) is 0 Å². The number of aromatic nitrogens is 4. The smallest absolute Gasteiger partial charge is 0.187 e. The van der Waals surface area contributed by atoms with Gasteiger partial charge in [0.15, 0.2) is 5.82 Å². The predicted octanol–water partition coefficient (Wildman–Crippen LogP) is 2.36. The van der Waals surface area contributed by atoms with Gasteiger partial charge in [-0.2, -0.15) is 4.68 Å². The summed E-state index contributed by atoms with van der Waals surface area (Å²) in [5.41, 5.74) is 9.03. The van der Waals surface area contributed by atoms with Crippen LogP contribution in [0.15, 0.2) is 42.5 Å². The van der Waals surface area contributed by atoms with Crippen molar-refractivity contribution in [3.05, 3.63) is 53.8 Å². The predicted molar refractivity (Wildman–Crippen MR) is 73.7 cm³/mol. The fourth-order valence-corrected chi connectivity index (χ4v) is 2.01. The van der Waals surface area contributed by atoms with Crippen LogP contribution in [0.2, 0.25) is 0 Å². The van der Waals surface area contributed by atoms with Crippen molar-refractivity contribution in [2.24, 2.45) is 0 Å². The summed E-state index contributed by atoms with van der Waals surface area (Å²) in [5.74, 6) is 0.268. The van der Waals surface area contributed by atoms with E-state index in [1.54, 1.807) is 16.8 Å². The summed E-state index contributed by atoms with van der Waals surface area (Å²) in [6.45, 7) is 1.91. The molecule has 20 heavy (non-hydrogen) atoms. The molecule has 0 aliphatic heterocycles. The Hall–Kier alpha value is -2.76. The van der Waals surface area contributed by atoms with Gasteiger partial charge in [-0.15, -0.1) is 5.10 Å². The van der Waals surface area contributed by atoms with Crippen LogP contribution in [-0.2, 0) is 0 Å². The highest BCUT2D eigenvalue weighted by Gasteiger charge is 2.13. The first kappa shape index (κ1) is 12.3. The number of anilines is 1. The highest BCUT2D eigenvalue weighted by molar-refractivity contribution is 5.68. The lowest BCUT2D eigenvalue weighted by Crippen LogP contribution is -2.02. The lowest BCUT2D eigenvalue weighted by Gasteiger charge is -2.08. The number of benzene rings is 2. The largest absolute Gasteiger partial charge is 0.398 e. The molecule has 0 saturated heterocycles. The first-order valence-electron chi connectivity index (χ1n) is 6.06. The fraction of sp³-hybridized carbons (Fsp3) is 0.0714. The van der Waals surface area contributed by atoms with E-state index in [1.807, 2.05) is 25.1 Å². The summed E-state index contributed by atoms with van der Waals surface area (Å²) in [5, 5.41) is 11.7. The second-order valence-corrected chi connectivity index (χ2v) is 4.41. The van der Waals surface area contributed by atoms with Gasteiger partial charge in [-0.3, -0.25) is 0 Å². The van der Waals surface area contributed by atoms with Crippen LogP contribution in [0.25, 0.3) is 17.1 Å². The lowest BCUT2D eigenvalue weighted by molar-refractivity contribution is 0.627. The number of nitrogens with zero attached hydrogens (tertiary/aromatic N) is 4. The number of nitrogens with two attached hydrogens (primary N) is 1. The van der Waals surface area contributed by atoms with Crippen molar-refractivity contribution in [2.45, 2.75) is 6.92 Å². The van der Waals surface area contributed by atoms with Gasteiger partial charge < -0.3 is 5.73 Å². The Morgan fingerprint density at radius 3 is 2.60 bits per heavy atom. The van der Waals surface area contributed by atoms with Gasteiger partial charge >= 0.3 is 0 Å². The molecule has 0 aliphatic carbocycles. The molecule has 3 aromatic rings. The van der Waals surface area contributed by atoms with Gasteiger partial charge in [-0.1, -0.05) is 12.1 Å². The highest BCUT2D eigenvalue weighted by atomic mass is 19.1. The molecule has 3 rings (SSSR count). The number of halogens is 1. The Balaban J connectivity index is 2.15. The molecule has 0 bridgehead atoms. The number of hydrogen-bond acceptors (Lipinski definition) is 4. The van der Waals surface area contributed by atoms with Crippen molar-refractivity contribution in [1.82, 2.24) is 20.2 Å². The Morgan fingerprint density at radius 2 is 1.85 bits per heavy atom. The topological polar surface area (TPSA) is 69.6 Å². The van der Waals surface area contributed by atoms with Crippen LogP contribution in [0.4, 0.5) is 10.1 Å². The van der Waals surface area contributed by atoms with Gasteiger partial charge in [0.2, 0.25) is 0 Å². The van der Waals surface area contributed by atoms with Gasteiger partial charge in [-0.25, -0.2) is 4.39 Å². The standard InChI is InChI=1S/C14H12FN5/c1-9-12(3-2-4-13(9)16)14-17-18-19-20(14)11-7-5-10(15)6-8-11/h2-8H,16H2,1H3. The third-order valence-corrected chi connectivity index (χ3v) is 3.16. The summed E-state index contributed by atoms with van der Waals surface area (Å²) >= 11 is 0. The van der Waals surface area contributed by atoms with E-state index < -0.39 is 0 Å². The van der Waals surface area contributed by atoms with E-state index >= 15 is 0 Å². The summed E-state index contributed by atoms with van der Waals surface area (Å²) in [6.07, 6.45) is 0. The van der Waals surface area contributed by atoms with Crippen LogP contribution in [0.5, 0.6) is 0 Å². The Labute approximate surface area is 114 Å². The number of hydrogen-bond donors (Lipinski definition) is 1. The third-order valence-electron chi connectivity index (χ3n) is 3.16. The molecule has 0 amide bonds. The van der Waals surface area contributed by atoms with E-state index in [9.17, 15) is 4.39 Å². The third kappa shape index (κ3) is 2.01. The number of rotatable bonds is 2. The molecule has 100 valence electrons. The van der Waals surface area contributed by atoms with Crippen molar-refractivity contribution < 1.29 is 4.39 Å². The van der Waals surface area contributed by atoms with E-state index in [2.05, 4.69) is 15.5 Å². The van der Waals surface area contributed by atoms with E-state index in [-0.39, 0.29) is 5.82 Å². The van der Waals surface area contributed by atoms with Crippen LogP contribution >= 0.6 is 0 Å². The first-order valence-corrected chi connectivity index (χ1v) is 6.06. The van der Waals surface area contributed by atoms with Crippen LogP contribution in [0.1, 0.15) is 5.56 Å². The molecule has 0 saturated carbocycles. The van der Waals surface area contributed by atoms with Gasteiger partial charge in [0.05, 0.1) is 5.69 Å². The summed E-state index contributed by atoms with van der Waals surface area (Å²) < 4.78 is 14.5. The lowest BCUT2D eigenvalue weighted by atomic mass is 10.1. The monoisotopic (exact) mass is 269 g/mol. The molecule has 0 unspecified atom stereocenters. The zero-order valence-electron chi connectivity index (χ0n) is 10.8. The van der Waals surface area contributed by atoms with Gasteiger partial charge in [0, 0.05) is 11.3 Å². The second-order valence-electron chi connectivity index (χ2n) is 4.41. The number of tetrazole rings is 1. The Bertz CT molecular complexity index is 749. The van der Waals surface area contributed by atoms with Crippen LogP contribution < -0.4 is 5.73 Å². The molecule has 0 atom stereocenters. The SMILES string of the molecule is Cc1c(N)cccc1-c1nnnn1-c1ccc(F)cc1. The Morgan fingerprint density at radius 1 is 1.10 bits per heavy atom. The highest BCUT2D eigenvalue weighted by Crippen LogP contribution is 2.26. The summed E-state index contributed by atoms with van der Waals surface area (Å²) in [6, 6.07) is 11.6. The molecule has 1 aromatic heterocycles. The average molecular weight is 269 g/mol. The van der Waals surface area contributed by atoms with Gasteiger partial charge in [0.25, 0.3) is 0 Å². The minimum Gasteiger partial charge on any atom is -0.398 e. The summed E-state index contributed by atoms with van der Waals surface area (Å²) in [7, 11) is 0. The molecule has 0 radical (unpaired) electrons. The molecule has 5 nitrogen and oxygen atoms in total. The van der Waals surface area contributed by atoms with E-state index in [1.165, 1.54) is 12.1 Å². The molecular formula is C14H12FN5. The molecule has 0 aliphatic rings. The van der Waals surface area contributed by atoms with Crippen molar-refractivity contribution in [2.75, 3.05) is 5.73 Å². The normalized spacial score (nSPS) is 10.7. The molecule has 0 fully saturated rings. The van der Waals surface area contributed by atoms with Crippen molar-refractivity contribution in [3.8, 4) is 17.1 Å². The maximum absolute atomic E-state index is 13.0.